The van der Waals surface area contributed by atoms with Crippen LogP contribution in [0, 0.1) is 0 Å². The average molecular weight is 297 g/mol. The molecule has 2 rings (SSSR count). The van der Waals surface area contributed by atoms with E-state index in [0.29, 0.717) is 18.0 Å². The molecule has 2 atom stereocenters. The Labute approximate surface area is 122 Å². The summed E-state index contributed by atoms with van der Waals surface area (Å²) in [6.07, 6.45) is -0.559. The van der Waals surface area contributed by atoms with Crippen LogP contribution in [0.2, 0.25) is 0 Å². The quantitative estimate of drug-likeness (QED) is 0.895. The number of thioether (sulfide) groups is 1. The number of aliphatic hydroxyl groups is 1. The third-order valence-corrected chi connectivity index (χ3v) is 4.37. The molecule has 1 aromatic rings. The summed E-state index contributed by atoms with van der Waals surface area (Å²) in [5, 5.41) is 9.41. The number of amides is 1. The van der Waals surface area contributed by atoms with Gasteiger partial charge in [-0.2, -0.15) is 0 Å². The van der Waals surface area contributed by atoms with Gasteiger partial charge in [0.05, 0.1) is 26.1 Å². The number of ether oxygens (including phenoxy) is 2. The molecule has 0 aliphatic carbocycles. The first-order chi connectivity index (χ1) is 9.56. The van der Waals surface area contributed by atoms with Gasteiger partial charge in [0.25, 0.3) is 0 Å². The fraction of sp³-hybridized carbons (Fsp3) is 0.500. The van der Waals surface area contributed by atoms with E-state index < -0.39 is 6.10 Å². The van der Waals surface area contributed by atoms with E-state index in [4.69, 9.17) is 9.47 Å². The zero-order chi connectivity index (χ0) is 14.7. The number of hydrogen-bond acceptors (Lipinski definition) is 5. The smallest absolute Gasteiger partial charge is 0.233 e. The number of aliphatic hydroxyl groups excluding tert-OH is 1. The van der Waals surface area contributed by atoms with E-state index in [9.17, 15) is 9.90 Å². The summed E-state index contributed by atoms with van der Waals surface area (Å²) >= 11 is 1.53. The third kappa shape index (κ3) is 3.02. The number of carbonyl (C=O) groups is 1. The molecule has 110 valence electrons. The van der Waals surface area contributed by atoms with Crippen molar-refractivity contribution in [1.29, 1.82) is 0 Å². The van der Waals surface area contributed by atoms with Crippen LogP contribution in [0.3, 0.4) is 0 Å². The van der Waals surface area contributed by atoms with Crippen LogP contribution in [0.25, 0.3) is 0 Å². The van der Waals surface area contributed by atoms with E-state index in [1.807, 2.05) is 18.2 Å². The number of β-amino-alcohol motifs (C(OH)–C–C–N with tert-alkyl or cyclic N) is 1. The molecular formula is C14H19NO4S. The zero-order valence-corrected chi connectivity index (χ0v) is 12.6. The van der Waals surface area contributed by atoms with E-state index >= 15 is 0 Å². The third-order valence-electron chi connectivity index (χ3n) is 3.13. The highest BCUT2D eigenvalue weighted by Crippen LogP contribution is 2.43. The van der Waals surface area contributed by atoms with Crippen LogP contribution in [-0.2, 0) is 4.79 Å². The second-order valence-corrected chi connectivity index (χ2v) is 5.73. The van der Waals surface area contributed by atoms with Crippen molar-refractivity contribution in [1.82, 2.24) is 4.90 Å². The van der Waals surface area contributed by atoms with Crippen LogP contribution in [0.1, 0.15) is 17.9 Å². The summed E-state index contributed by atoms with van der Waals surface area (Å²) in [5.41, 5.74) is 0.892. The van der Waals surface area contributed by atoms with E-state index in [0.717, 1.165) is 11.3 Å². The number of rotatable bonds is 5. The lowest BCUT2D eigenvalue weighted by atomic mass is 10.1. The molecule has 1 amide bonds. The normalized spacial score (nSPS) is 20.1. The van der Waals surface area contributed by atoms with Gasteiger partial charge < -0.3 is 19.5 Å². The highest BCUT2D eigenvalue weighted by atomic mass is 32.2. The molecule has 1 fully saturated rings. The summed E-state index contributed by atoms with van der Waals surface area (Å²) in [5.74, 6) is 1.88. The summed E-state index contributed by atoms with van der Waals surface area (Å²) in [7, 11) is 3.21. The summed E-state index contributed by atoms with van der Waals surface area (Å²) in [4.78, 5) is 13.7. The largest absolute Gasteiger partial charge is 0.497 e. The van der Waals surface area contributed by atoms with Gasteiger partial charge in [-0.15, -0.1) is 11.8 Å². The zero-order valence-electron chi connectivity index (χ0n) is 11.8. The summed E-state index contributed by atoms with van der Waals surface area (Å²) in [6, 6.07) is 5.53. The fourth-order valence-corrected chi connectivity index (χ4v) is 3.44. The van der Waals surface area contributed by atoms with Crippen molar-refractivity contribution in [3.05, 3.63) is 23.8 Å². The van der Waals surface area contributed by atoms with Crippen molar-refractivity contribution in [2.45, 2.75) is 18.4 Å². The molecule has 1 heterocycles. The van der Waals surface area contributed by atoms with Gasteiger partial charge in [0, 0.05) is 12.1 Å². The van der Waals surface area contributed by atoms with Gasteiger partial charge in [-0.05, 0) is 25.1 Å². The van der Waals surface area contributed by atoms with E-state index in [1.165, 1.54) is 11.8 Å². The monoisotopic (exact) mass is 297 g/mol. The molecule has 5 nitrogen and oxygen atoms in total. The Morgan fingerprint density at radius 2 is 2.20 bits per heavy atom. The van der Waals surface area contributed by atoms with Gasteiger partial charge in [-0.3, -0.25) is 4.79 Å². The van der Waals surface area contributed by atoms with Crippen LogP contribution in [0.15, 0.2) is 18.2 Å². The second kappa shape index (κ2) is 6.37. The van der Waals surface area contributed by atoms with Crippen molar-refractivity contribution in [2.24, 2.45) is 0 Å². The lowest BCUT2D eigenvalue weighted by Crippen LogP contribution is -2.34. The lowest BCUT2D eigenvalue weighted by Gasteiger charge is -2.26. The molecular weight excluding hydrogens is 278 g/mol. The Morgan fingerprint density at radius 3 is 2.80 bits per heavy atom. The average Bonchev–Trinajstić information content (AvgIpc) is 2.79. The first-order valence-corrected chi connectivity index (χ1v) is 7.42. The predicted molar refractivity (Wildman–Crippen MR) is 78.1 cm³/mol. The fourth-order valence-electron chi connectivity index (χ4n) is 2.23. The minimum absolute atomic E-state index is 0.0331. The van der Waals surface area contributed by atoms with E-state index in [-0.39, 0.29) is 11.3 Å². The maximum Gasteiger partial charge on any atom is 0.233 e. The molecule has 1 saturated heterocycles. The molecule has 1 N–H and O–H groups in total. The minimum Gasteiger partial charge on any atom is -0.497 e. The highest BCUT2D eigenvalue weighted by molar-refractivity contribution is 8.00. The molecule has 6 heteroatoms. The summed E-state index contributed by atoms with van der Waals surface area (Å²) in [6.45, 7) is 1.99. The van der Waals surface area contributed by atoms with Crippen molar-refractivity contribution in [3.8, 4) is 11.5 Å². The number of benzene rings is 1. The van der Waals surface area contributed by atoms with Crippen molar-refractivity contribution < 1.29 is 19.4 Å². The lowest BCUT2D eigenvalue weighted by molar-refractivity contribution is -0.129. The number of hydrogen-bond donors (Lipinski definition) is 1. The molecule has 1 aliphatic heterocycles. The van der Waals surface area contributed by atoms with Gasteiger partial charge >= 0.3 is 0 Å². The number of methoxy groups -OCH3 is 2. The first-order valence-electron chi connectivity index (χ1n) is 6.38. The predicted octanol–water partition coefficient (Wildman–Crippen LogP) is 1.66. The molecule has 20 heavy (non-hydrogen) atoms. The Balaban J connectivity index is 2.35. The molecule has 1 aliphatic rings. The molecule has 0 radical (unpaired) electrons. The Bertz CT molecular complexity index is 492. The molecule has 0 aromatic heterocycles. The molecule has 0 spiro atoms. The van der Waals surface area contributed by atoms with Crippen LogP contribution >= 0.6 is 11.8 Å². The standard InChI is InChI=1S/C14H19NO4S/c1-9(16)7-15-13(17)8-20-14(15)11-6-10(18-2)4-5-12(11)19-3/h4-6,9,14,16H,7-8H2,1-3H3/t9-,14+/m0/s1. The Kier molecular flexibility index (Phi) is 4.77. The Hall–Kier alpha value is -1.40. The van der Waals surface area contributed by atoms with Gasteiger partial charge in [-0.25, -0.2) is 0 Å². The van der Waals surface area contributed by atoms with Crippen LogP contribution in [-0.4, -0.2) is 48.5 Å². The van der Waals surface area contributed by atoms with Crippen molar-refractivity contribution in [2.75, 3.05) is 26.5 Å². The molecule has 0 unspecified atom stereocenters. The van der Waals surface area contributed by atoms with E-state index in [2.05, 4.69) is 0 Å². The maximum absolute atomic E-state index is 12.0. The molecule has 0 saturated carbocycles. The van der Waals surface area contributed by atoms with Crippen molar-refractivity contribution in [3.63, 3.8) is 0 Å². The second-order valence-electron chi connectivity index (χ2n) is 4.67. The van der Waals surface area contributed by atoms with E-state index in [1.54, 1.807) is 26.0 Å². The minimum atomic E-state index is -0.559. The van der Waals surface area contributed by atoms with Gasteiger partial charge in [0.2, 0.25) is 5.91 Å². The SMILES string of the molecule is COc1ccc(OC)c([C@H]2SCC(=O)N2C[C@H](C)O)c1. The number of carbonyl (C=O) groups excluding carboxylic acids is 1. The Morgan fingerprint density at radius 1 is 1.45 bits per heavy atom. The van der Waals surface area contributed by atoms with Crippen LogP contribution < -0.4 is 9.47 Å². The summed E-state index contributed by atoms with van der Waals surface area (Å²) < 4.78 is 10.6. The maximum atomic E-state index is 12.0. The topological polar surface area (TPSA) is 59.0 Å². The van der Waals surface area contributed by atoms with Crippen LogP contribution in [0.4, 0.5) is 0 Å². The van der Waals surface area contributed by atoms with Crippen molar-refractivity contribution >= 4 is 17.7 Å². The first kappa shape index (κ1) is 15.0. The van der Waals surface area contributed by atoms with Gasteiger partial charge in [0.15, 0.2) is 0 Å². The van der Waals surface area contributed by atoms with Crippen LogP contribution in [0.5, 0.6) is 11.5 Å². The molecule has 1 aromatic carbocycles. The molecule has 0 bridgehead atoms. The number of nitrogens with zero attached hydrogens (tertiary/aromatic N) is 1. The van der Waals surface area contributed by atoms with Gasteiger partial charge in [-0.1, -0.05) is 0 Å². The highest BCUT2D eigenvalue weighted by Gasteiger charge is 2.35. The van der Waals surface area contributed by atoms with Gasteiger partial charge in [0.1, 0.15) is 16.9 Å².